The van der Waals surface area contributed by atoms with Crippen LogP contribution in [0, 0.1) is 17.5 Å². The van der Waals surface area contributed by atoms with Gasteiger partial charge in [-0.15, -0.1) is 0 Å². The Balaban J connectivity index is 1.92. The molecule has 3 rings (SSSR count). The number of anilines is 1. The summed E-state index contributed by atoms with van der Waals surface area (Å²) in [5.41, 5.74) is -1.04. The first kappa shape index (κ1) is 27.2. The van der Waals surface area contributed by atoms with Crippen LogP contribution in [0.15, 0.2) is 48.7 Å². The molecule has 0 aliphatic rings. The smallest absolute Gasteiger partial charge is 0.417 e. The molecule has 0 fully saturated rings. The summed E-state index contributed by atoms with van der Waals surface area (Å²) in [4.78, 5) is 17.0. The number of hydrogen-bond acceptors (Lipinski definition) is 6. The zero-order valence-corrected chi connectivity index (χ0v) is 20.5. The van der Waals surface area contributed by atoms with Crippen molar-refractivity contribution in [3.05, 3.63) is 76.2 Å². The van der Waals surface area contributed by atoms with Crippen LogP contribution in [0.5, 0.6) is 17.4 Å². The molecule has 192 valence electrons. The number of pyridine rings is 1. The maximum Gasteiger partial charge on any atom is 0.417 e. The number of nitrogens with zero attached hydrogens (tertiary/aromatic N) is 1. The first-order valence-electron chi connectivity index (χ1n) is 10.2. The maximum atomic E-state index is 13.5. The number of nitrogens with one attached hydrogen (secondary N) is 2. The second kappa shape index (κ2) is 10.7. The Kier molecular flexibility index (Phi) is 8.09. The normalized spacial score (nSPS) is 13.1. The number of carbonyl (C=O) groups excluding carboxylic acids is 1. The van der Waals surface area contributed by atoms with E-state index in [9.17, 15) is 26.6 Å². The summed E-state index contributed by atoms with van der Waals surface area (Å²) < 4.78 is 83.6. The predicted octanol–water partition coefficient (Wildman–Crippen LogP) is 6.30. The van der Waals surface area contributed by atoms with Gasteiger partial charge in [0.2, 0.25) is 5.88 Å². The summed E-state index contributed by atoms with van der Waals surface area (Å²) in [6, 6.07) is 7.61. The highest BCUT2D eigenvalue weighted by molar-refractivity contribution is 7.91. The Morgan fingerprint density at radius 1 is 1.17 bits per heavy atom. The molecule has 1 unspecified atom stereocenters. The Morgan fingerprint density at radius 2 is 1.89 bits per heavy atom. The van der Waals surface area contributed by atoms with E-state index in [1.165, 1.54) is 37.6 Å². The van der Waals surface area contributed by atoms with E-state index < -0.39 is 44.0 Å². The summed E-state index contributed by atoms with van der Waals surface area (Å²) in [5.74, 6) is -1.77. The number of halogens is 5. The van der Waals surface area contributed by atoms with Crippen molar-refractivity contribution in [2.45, 2.75) is 13.1 Å². The van der Waals surface area contributed by atoms with E-state index in [2.05, 4.69) is 10.3 Å². The molecular formula is C23H20ClF4N3O4S. The van der Waals surface area contributed by atoms with Crippen LogP contribution in [0.3, 0.4) is 0 Å². The van der Waals surface area contributed by atoms with Crippen LogP contribution < -0.4 is 14.8 Å². The van der Waals surface area contributed by atoms with E-state index in [1.54, 1.807) is 0 Å². The van der Waals surface area contributed by atoms with E-state index >= 15 is 0 Å². The number of aryl methyl sites for hydroxylation is 1. The van der Waals surface area contributed by atoms with Gasteiger partial charge in [-0.2, -0.15) is 13.2 Å². The third-order valence-electron chi connectivity index (χ3n) is 4.69. The van der Waals surface area contributed by atoms with Crippen LogP contribution in [0.1, 0.15) is 21.5 Å². The van der Waals surface area contributed by atoms with Gasteiger partial charge in [0, 0.05) is 33.9 Å². The van der Waals surface area contributed by atoms with Crippen molar-refractivity contribution in [1.29, 1.82) is 4.78 Å². The van der Waals surface area contributed by atoms with Crippen LogP contribution >= 0.6 is 11.6 Å². The van der Waals surface area contributed by atoms with Gasteiger partial charge in [-0.3, -0.25) is 13.8 Å². The molecule has 1 aromatic heterocycles. The highest BCUT2D eigenvalue weighted by atomic mass is 35.5. The molecule has 1 heterocycles. The minimum Gasteiger partial charge on any atom is -0.477 e. The summed E-state index contributed by atoms with van der Waals surface area (Å²) in [7, 11) is -2.76. The number of amides is 1. The lowest BCUT2D eigenvalue weighted by atomic mass is 10.1. The van der Waals surface area contributed by atoms with Gasteiger partial charge in [-0.05, 0) is 48.9 Å². The van der Waals surface area contributed by atoms with Crippen molar-refractivity contribution >= 4 is 32.9 Å². The zero-order valence-electron chi connectivity index (χ0n) is 18.9. The van der Waals surface area contributed by atoms with E-state index in [0.29, 0.717) is 11.6 Å². The van der Waals surface area contributed by atoms with E-state index in [0.717, 1.165) is 18.2 Å². The van der Waals surface area contributed by atoms with Crippen LogP contribution in [-0.4, -0.2) is 33.7 Å². The molecule has 0 aliphatic carbocycles. The Bertz CT molecular complexity index is 1400. The number of rotatable bonds is 8. The molecule has 2 aromatic carbocycles. The molecule has 0 saturated heterocycles. The van der Waals surface area contributed by atoms with Crippen molar-refractivity contribution in [3.8, 4) is 17.4 Å². The predicted molar refractivity (Wildman–Crippen MR) is 127 cm³/mol. The minimum absolute atomic E-state index is 0.0289. The molecule has 1 amide bonds. The quantitative estimate of drug-likeness (QED) is 0.323. The summed E-state index contributed by atoms with van der Waals surface area (Å²) in [6.07, 6.45) is -2.24. The lowest BCUT2D eigenvalue weighted by molar-refractivity contribution is -0.137. The van der Waals surface area contributed by atoms with Crippen molar-refractivity contribution in [1.82, 2.24) is 4.98 Å². The van der Waals surface area contributed by atoms with Crippen LogP contribution in [0.25, 0.3) is 0 Å². The van der Waals surface area contributed by atoms with Gasteiger partial charge in [-0.1, -0.05) is 11.6 Å². The van der Waals surface area contributed by atoms with Crippen LogP contribution in [0.4, 0.5) is 23.2 Å². The van der Waals surface area contributed by atoms with Gasteiger partial charge in [0.15, 0.2) is 0 Å². The molecule has 0 aliphatic heterocycles. The average molecular weight is 546 g/mol. The topological polar surface area (TPSA) is 101 Å². The first-order valence-corrected chi connectivity index (χ1v) is 12.7. The average Bonchev–Trinajstić information content (AvgIpc) is 2.75. The largest absolute Gasteiger partial charge is 0.477 e. The number of alkyl halides is 3. The minimum atomic E-state index is -4.82. The fourth-order valence-corrected chi connectivity index (χ4v) is 3.62. The Morgan fingerprint density at radius 3 is 2.53 bits per heavy atom. The molecule has 0 saturated carbocycles. The van der Waals surface area contributed by atoms with E-state index in [4.69, 9.17) is 25.9 Å². The monoisotopic (exact) mass is 545 g/mol. The van der Waals surface area contributed by atoms with Gasteiger partial charge in [0.25, 0.3) is 5.91 Å². The molecule has 13 heteroatoms. The third-order valence-corrected chi connectivity index (χ3v) is 5.95. The van der Waals surface area contributed by atoms with Gasteiger partial charge in [0.1, 0.15) is 23.9 Å². The number of ether oxygens (including phenoxy) is 2. The molecule has 0 radical (unpaired) electrons. The van der Waals surface area contributed by atoms with Gasteiger partial charge in [0.05, 0.1) is 21.9 Å². The summed E-state index contributed by atoms with van der Waals surface area (Å²) in [6.45, 7) is 1.45. The molecule has 7 nitrogen and oxygen atoms in total. The summed E-state index contributed by atoms with van der Waals surface area (Å²) >= 11 is 5.83. The van der Waals surface area contributed by atoms with Crippen molar-refractivity contribution in [2.75, 3.05) is 23.9 Å². The van der Waals surface area contributed by atoms with E-state index in [1.807, 2.05) is 0 Å². The van der Waals surface area contributed by atoms with Crippen molar-refractivity contribution in [2.24, 2.45) is 0 Å². The number of carbonyl (C=O) groups is 1. The highest BCUT2D eigenvalue weighted by Gasteiger charge is 2.35. The SMILES string of the molecule is Cc1cc(F)ccc1Oc1cc(C(F)(F)F)c(Cl)cc1C(=O)Nc1ccnc(OCCS(C)(=N)=O)c1. The standard InChI is InChI=1S/C23H20ClF4N3O4S/c1-13-9-14(25)3-4-19(13)35-20-12-17(23(26,27)28)18(24)11-16(20)22(32)31-15-5-6-30-21(10-15)34-7-8-36(2,29)33/h3-6,9-12,29H,7-8H2,1-2H3,(H,30,31,32). The van der Waals surface area contributed by atoms with Gasteiger partial charge >= 0.3 is 6.18 Å². The maximum absolute atomic E-state index is 13.5. The molecule has 1 atom stereocenters. The van der Waals surface area contributed by atoms with Crippen molar-refractivity contribution in [3.63, 3.8) is 0 Å². The second-order valence-electron chi connectivity index (χ2n) is 7.73. The first-order chi connectivity index (χ1) is 16.7. The third kappa shape index (κ3) is 7.31. The molecular weight excluding hydrogens is 526 g/mol. The molecule has 0 bridgehead atoms. The van der Waals surface area contributed by atoms with Crippen LogP contribution in [0.2, 0.25) is 5.02 Å². The van der Waals surface area contributed by atoms with Gasteiger partial charge < -0.3 is 14.8 Å². The Labute approximate surface area is 209 Å². The second-order valence-corrected chi connectivity index (χ2v) is 10.6. The number of aromatic nitrogens is 1. The number of benzene rings is 2. The lowest BCUT2D eigenvalue weighted by Crippen LogP contribution is -2.16. The molecule has 0 spiro atoms. The number of hydrogen-bond donors (Lipinski definition) is 2. The lowest BCUT2D eigenvalue weighted by Gasteiger charge is -2.17. The fraction of sp³-hybridized carbons (Fsp3) is 0.217. The highest BCUT2D eigenvalue weighted by Crippen LogP contribution is 2.40. The van der Waals surface area contributed by atoms with Crippen molar-refractivity contribution < 1.29 is 36.0 Å². The molecule has 36 heavy (non-hydrogen) atoms. The zero-order chi connectivity index (χ0) is 26.7. The molecule has 2 N–H and O–H groups in total. The fourth-order valence-electron chi connectivity index (χ4n) is 2.95. The van der Waals surface area contributed by atoms with Gasteiger partial charge in [-0.25, -0.2) is 9.37 Å². The summed E-state index contributed by atoms with van der Waals surface area (Å²) in [5, 5.41) is 1.79. The molecule has 3 aromatic rings. The Hall–Kier alpha value is -3.38. The van der Waals surface area contributed by atoms with E-state index in [-0.39, 0.29) is 35.2 Å². The van der Waals surface area contributed by atoms with Crippen LogP contribution in [-0.2, 0) is 15.9 Å².